The zero-order chi connectivity index (χ0) is 13.8. The number of carbonyl (C=O) groups is 1. The van der Waals surface area contributed by atoms with E-state index in [0.29, 0.717) is 33.0 Å². The number of benzene rings is 1. The van der Waals surface area contributed by atoms with Crippen LogP contribution < -0.4 is 10.6 Å². The third-order valence-corrected chi connectivity index (χ3v) is 2.12. The lowest BCUT2D eigenvalue weighted by atomic mass is 10.3. The van der Waals surface area contributed by atoms with E-state index in [9.17, 15) is 4.79 Å². The number of anilines is 1. The van der Waals surface area contributed by atoms with Gasteiger partial charge in [0.1, 0.15) is 0 Å². The molecule has 19 heavy (non-hydrogen) atoms. The summed E-state index contributed by atoms with van der Waals surface area (Å²) in [6, 6.07) is 9.57. The van der Waals surface area contributed by atoms with Crippen LogP contribution in [-0.2, 0) is 9.47 Å². The van der Waals surface area contributed by atoms with E-state index in [-0.39, 0.29) is 12.6 Å². The fraction of sp³-hybridized carbons (Fsp3) is 0.462. The minimum atomic E-state index is -0.272. The van der Waals surface area contributed by atoms with Crippen LogP contribution in [-0.4, -0.2) is 50.7 Å². The Balaban J connectivity index is 1.96. The first-order valence-corrected chi connectivity index (χ1v) is 6.10. The zero-order valence-electron chi connectivity index (χ0n) is 10.7. The van der Waals surface area contributed by atoms with E-state index in [4.69, 9.17) is 14.6 Å². The quantitative estimate of drug-likeness (QED) is 0.573. The van der Waals surface area contributed by atoms with Crippen LogP contribution >= 0.6 is 0 Å². The maximum Gasteiger partial charge on any atom is 0.319 e. The summed E-state index contributed by atoms with van der Waals surface area (Å²) < 4.78 is 10.2. The van der Waals surface area contributed by atoms with E-state index in [1.807, 2.05) is 0 Å². The average molecular weight is 267 g/mol. The molecule has 3 N–H and O–H groups in total. The second-order valence-corrected chi connectivity index (χ2v) is 3.62. The van der Waals surface area contributed by atoms with Crippen LogP contribution in [0.5, 0.6) is 0 Å². The molecule has 0 spiro atoms. The van der Waals surface area contributed by atoms with E-state index in [2.05, 4.69) is 16.7 Å². The number of nitrogens with one attached hydrogen (secondary N) is 2. The van der Waals surface area contributed by atoms with Crippen LogP contribution in [0.1, 0.15) is 0 Å². The monoisotopic (exact) mass is 267 g/mol. The molecule has 0 unspecified atom stereocenters. The van der Waals surface area contributed by atoms with E-state index in [1.165, 1.54) is 0 Å². The number of amides is 2. The van der Waals surface area contributed by atoms with Crippen molar-refractivity contribution >= 4 is 11.7 Å². The van der Waals surface area contributed by atoms with Gasteiger partial charge in [0.25, 0.3) is 0 Å². The Morgan fingerprint density at radius 3 is 2.53 bits per heavy atom. The van der Waals surface area contributed by atoms with E-state index in [1.54, 1.807) is 24.3 Å². The highest BCUT2D eigenvalue weighted by atomic mass is 16.5. The number of hydrogen-bond donors (Lipinski definition) is 3. The number of carbonyl (C=O) groups excluding carboxylic acids is 1. The Labute approximate surface area is 112 Å². The van der Waals surface area contributed by atoms with Crippen molar-refractivity contribution in [1.82, 2.24) is 5.32 Å². The standard InChI is InChI=1S/C13H19N2O4/c16-7-9-19-11-10-18-8-6-14-13(17)15-12-4-2-1-3-5-12/h2-5,16H,6-11H2,(H2,14,15,17). The van der Waals surface area contributed by atoms with Crippen LogP contribution in [0.3, 0.4) is 0 Å². The van der Waals surface area contributed by atoms with Gasteiger partial charge in [-0.15, -0.1) is 0 Å². The first-order valence-electron chi connectivity index (χ1n) is 6.10. The second kappa shape index (κ2) is 10.3. The molecule has 6 nitrogen and oxygen atoms in total. The van der Waals surface area contributed by atoms with Crippen molar-refractivity contribution in [1.29, 1.82) is 0 Å². The lowest BCUT2D eigenvalue weighted by Gasteiger charge is -2.08. The van der Waals surface area contributed by atoms with Crippen LogP contribution in [0.15, 0.2) is 24.3 Å². The van der Waals surface area contributed by atoms with E-state index >= 15 is 0 Å². The molecule has 1 radical (unpaired) electrons. The minimum Gasteiger partial charge on any atom is -0.394 e. The van der Waals surface area contributed by atoms with Gasteiger partial charge in [-0.05, 0) is 18.2 Å². The lowest BCUT2D eigenvalue weighted by molar-refractivity contribution is 0.0345. The van der Waals surface area contributed by atoms with Crippen molar-refractivity contribution in [2.75, 3.05) is 44.9 Å². The van der Waals surface area contributed by atoms with Gasteiger partial charge < -0.3 is 25.2 Å². The Bertz CT molecular complexity index is 346. The number of hydrogen-bond acceptors (Lipinski definition) is 4. The average Bonchev–Trinajstić information content (AvgIpc) is 2.43. The van der Waals surface area contributed by atoms with Crippen LogP contribution in [0.4, 0.5) is 10.5 Å². The molecule has 1 aromatic carbocycles. The summed E-state index contributed by atoms with van der Waals surface area (Å²) in [4.78, 5) is 11.4. The molecule has 0 aliphatic carbocycles. The second-order valence-electron chi connectivity index (χ2n) is 3.62. The SMILES string of the molecule is O=C(NCCOCCOCCO)Nc1cc[c]cc1. The Kier molecular flexibility index (Phi) is 8.37. The molecule has 0 aromatic heterocycles. The minimum absolute atomic E-state index is 0.0129. The van der Waals surface area contributed by atoms with E-state index < -0.39 is 0 Å². The molecular formula is C13H19N2O4. The Hall–Kier alpha value is -1.63. The molecule has 0 saturated carbocycles. The van der Waals surface area contributed by atoms with Crippen LogP contribution in [0.25, 0.3) is 0 Å². The molecule has 1 aromatic rings. The molecule has 6 heteroatoms. The molecule has 2 amide bonds. The maximum absolute atomic E-state index is 11.4. The number of ether oxygens (including phenoxy) is 2. The summed E-state index contributed by atoms with van der Waals surface area (Å²) in [6.45, 7) is 2.05. The molecular weight excluding hydrogens is 248 g/mol. The summed E-state index contributed by atoms with van der Waals surface area (Å²) in [7, 11) is 0. The third-order valence-electron chi connectivity index (χ3n) is 2.12. The molecule has 0 saturated heterocycles. The highest BCUT2D eigenvalue weighted by Crippen LogP contribution is 2.03. The van der Waals surface area contributed by atoms with Crippen molar-refractivity contribution in [3.8, 4) is 0 Å². The summed E-state index contributed by atoms with van der Waals surface area (Å²) in [5.41, 5.74) is 0.717. The first kappa shape index (κ1) is 15.4. The van der Waals surface area contributed by atoms with Crippen molar-refractivity contribution in [3.63, 3.8) is 0 Å². The number of aliphatic hydroxyl groups is 1. The summed E-state index contributed by atoms with van der Waals surface area (Å²) in [5, 5.41) is 13.8. The molecule has 0 aliphatic rings. The van der Waals surface area contributed by atoms with Gasteiger partial charge in [0, 0.05) is 12.2 Å². The normalized spacial score (nSPS) is 10.2. The van der Waals surface area contributed by atoms with Gasteiger partial charge in [-0.1, -0.05) is 12.1 Å². The molecule has 0 aliphatic heterocycles. The highest BCUT2D eigenvalue weighted by Gasteiger charge is 1.99. The number of rotatable bonds is 9. The number of urea groups is 1. The Morgan fingerprint density at radius 1 is 1.16 bits per heavy atom. The van der Waals surface area contributed by atoms with Crippen molar-refractivity contribution in [2.45, 2.75) is 0 Å². The van der Waals surface area contributed by atoms with Gasteiger partial charge in [-0.25, -0.2) is 4.79 Å². The predicted molar refractivity (Wildman–Crippen MR) is 71.0 cm³/mol. The van der Waals surface area contributed by atoms with Crippen LogP contribution in [0, 0.1) is 6.07 Å². The lowest BCUT2D eigenvalue weighted by Crippen LogP contribution is -2.31. The summed E-state index contributed by atoms with van der Waals surface area (Å²) in [6.07, 6.45) is 0. The third kappa shape index (κ3) is 8.15. The highest BCUT2D eigenvalue weighted by molar-refractivity contribution is 5.89. The van der Waals surface area contributed by atoms with Gasteiger partial charge >= 0.3 is 6.03 Å². The summed E-state index contributed by atoms with van der Waals surface area (Å²) >= 11 is 0. The van der Waals surface area contributed by atoms with Gasteiger partial charge in [-0.3, -0.25) is 0 Å². The molecule has 0 fully saturated rings. The Morgan fingerprint density at radius 2 is 1.84 bits per heavy atom. The smallest absolute Gasteiger partial charge is 0.319 e. The van der Waals surface area contributed by atoms with Gasteiger partial charge in [0.05, 0.1) is 33.0 Å². The summed E-state index contributed by atoms with van der Waals surface area (Å²) in [5.74, 6) is 0. The van der Waals surface area contributed by atoms with Gasteiger partial charge in [-0.2, -0.15) is 0 Å². The molecule has 1 rings (SSSR count). The molecule has 0 heterocycles. The maximum atomic E-state index is 11.4. The van der Waals surface area contributed by atoms with Crippen molar-refractivity contribution in [2.24, 2.45) is 0 Å². The fourth-order valence-electron chi connectivity index (χ4n) is 1.27. The van der Waals surface area contributed by atoms with Crippen molar-refractivity contribution < 1.29 is 19.4 Å². The topological polar surface area (TPSA) is 79.8 Å². The first-order chi connectivity index (χ1) is 9.33. The van der Waals surface area contributed by atoms with Gasteiger partial charge in [0.15, 0.2) is 0 Å². The number of aliphatic hydroxyl groups excluding tert-OH is 1. The van der Waals surface area contributed by atoms with Crippen molar-refractivity contribution in [3.05, 3.63) is 30.3 Å². The zero-order valence-corrected chi connectivity index (χ0v) is 10.7. The molecule has 105 valence electrons. The largest absolute Gasteiger partial charge is 0.394 e. The predicted octanol–water partition coefficient (Wildman–Crippen LogP) is 0.634. The molecule has 0 atom stereocenters. The van der Waals surface area contributed by atoms with Crippen LogP contribution in [0.2, 0.25) is 0 Å². The molecule has 0 bridgehead atoms. The van der Waals surface area contributed by atoms with E-state index in [0.717, 1.165) is 5.69 Å². The van der Waals surface area contributed by atoms with Gasteiger partial charge in [0.2, 0.25) is 0 Å². The fourth-order valence-corrected chi connectivity index (χ4v) is 1.27.